The molecule has 2 atom stereocenters. The predicted octanol–water partition coefficient (Wildman–Crippen LogP) is 3.58. The number of alkyl halides is 1. The van der Waals surface area contributed by atoms with Gasteiger partial charge in [-0.3, -0.25) is 0 Å². The van der Waals surface area contributed by atoms with Gasteiger partial charge in [-0.05, 0) is 26.7 Å². The lowest BCUT2D eigenvalue weighted by molar-refractivity contribution is 0.713. The molecule has 0 radical (unpaired) electrons. The molecule has 0 aliphatic heterocycles. The van der Waals surface area contributed by atoms with E-state index in [1.165, 1.54) is 0 Å². The predicted molar refractivity (Wildman–Crippen MR) is 50.7 cm³/mol. The SMILES string of the molecule is CCC(C)C#N.CCC(C)Cl. The summed E-state index contributed by atoms with van der Waals surface area (Å²) < 4.78 is 0. The highest BCUT2D eigenvalue weighted by Crippen LogP contribution is 1.95. The van der Waals surface area contributed by atoms with Gasteiger partial charge in [-0.2, -0.15) is 5.26 Å². The van der Waals surface area contributed by atoms with Crippen LogP contribution in [0.5, 0.6) is 0 Å². The zero-order valence-corrected chi connectivity index (χ0v) is 8.65. The molecule has 0 amide bonds. The molecule has 0 aliphatic rings. The van der Waals surface area contributed by atoms with Crippen molar-refractivity contribution in [3.63, 3.8) is 0 Å². The van der Waals surface area contributed by atoms with E-state index in [0.29, 0.717) is 5.38 Å². The van der Waals surface area contributed by atoms with Crippen molar-refractivity contribution < 1.29 is 0 Å². The molecule has 0 aromatic carbocycles. The number of rotatable bonds is 2. The lowest BCUT2D eigenvalue weighted by atomic mass is 10.2. The summed E-state index contributed by atoms with van der Waals surface area (Å²) in [7, 11) is 0. The van der Waals surface area contributed by atoms with Crippen molar-refractivity contribution >= 4 is 11.6 Å². The standard InChI is InChI=1S/C5H9N.C4H9Cl/c1-3-5(2)4-6;1-3-4(2)5/h5H,3H2,1-2H3;4H,3H2,1-2H3. The summed E-state index contributed by atoms with van der Waals surface area (Å²) in [6, 6.07) is 2.11. The Balaban J connectivity index is 0. The van der Waals surface area contributed by atoms with Crippen LogP contribution in [0.4, 0.5) is 0 Å². The molecule has 66 valence electrons. The van der Waals surface area contributed by atoms with Crippen molar-refractivity contribution in [1.82, 2.24) is 0 Å². The molecule has 2 heteroatoms. The molecule has 0 fully saturated rings. The molecule has 2 unspecified atom stereocenters. The fourth-order valence-electron chi connectivity index (χ4n) is 0.0913. The molecular weight excluding hydrogens is 158 g/mol. The third-order valence-electron chi connectivity index (χ3n) is 1.40. The van der Waals surface area contributed by atoms with Gasteiger partial charge < -0.3 is 0 Å². The molecule has 0 aromatic rings. The largest absolute Gasteiger partial charge is 0.198 e. The van der Waals surface area contributed by atoms with Crippen LogP contribution in [0.2, 0.25) is 0 Å². The van der Waals surface area contributed by atoms with Gasteiger partial charge in [0.1, 0.15) is 0 Å². The van der Waals surface area contributed by atoms with Gasteiger partial charge >= 0.3 is 0 Å². The van der Waals surface area contributed by atoms with Crippen molar-refractivity contribution in [3.8, 4) is 6.07 Å². The third-order valence-corrected chi connectivity index (χ3v) is 1.70. The van der Waals surface area contributed by atoms with E-state index >= 15 is 0 Å². The highest BCUT2D eigenvalue weighted by atomic mass is 35.5. The number of hydrogen-bond donors (Lipinski definition) is 0. The smallest absolute Gasteiger partial charge is 0.0652 e. The molecule has 0 spiro atoms. The Hall–Kier alpha value is -0.220. The van der Waals surface area contributed by atoms with E-state index in [1.54, 1.807) is 0 Å². The van der Waals surface area contributed by atoms with Crippen LogP contribution in [-0.2, 0) is 0 Å². The monoisotopic (exact) mass is 175 g/mol. The van der Waals surface area contributed by atoms with Crippen molar-refractivity contribution in [1.29, 1.82) is 5.26 Å². The number of halogens is 1. The van der Waals surface area contributed by atoms with Crippen molar-refractivity contribution in [3.05, 3.63) is 0 Å². The molecule has 1 nitrogen and oxygen atoms in total. The summed E-state index contributed by atoms with van der Waals surface area (Å²) in [6.45, 7) is 7.98. The molecule has 0 saturated carbocycles. The molecule has 0 N–H and O–H groups in total. The van der Waals surface area contributed by atoms with Crippen LogP contribution in [0.25, 0.3) is 0 Å². The molecule has 0 bridgehead atoms. The van der Waals surface area contributed by atoms with Gasteiger partial charge in [0.05, 0.1) is 6.07 Å². The topological polar surface area (TPSA) is 23.8 Å². The van der Waals surface area contributed by atoms with Crippen LogP contribution in [0.3, 0.4) is 0 Å². The molecule has 0 saturated heterocycles. The van der Waals surface area contributed by atoms with E-state index in [2.05, 4.69) is 13.0 Å². The van der Waals surface area contributed by atoms with Gasteiger partial charge in [0.15, 0.2) is 0 Å². The van der Waals surface area contributed by atoms with Crippen molar-refractivity contribution in [2.75, 3.05) is 0 Å². The van der Waals surface area contributed by atoms with Crippen LogP contribution in [-0.4, -0.2) is 5.38 Å². The van der Waals surface area contributed by atoms with Gasteiger partial charge in [0, 0.05) is 11.3 Å². The summed E-state index contributed by atoms with van der Waals surface area (Å²) in [5.74, 6) is 0.241. The minimum Gasteiger partial charge on any atom is -0.198 e. The maximum atomic E-state index is 8.08. The van der Waals surface area contributed by atoms with Gasteiger partial charge in [0.25, 0.3) is 0 Å². The zero-order valence-electron chi connectivity index (χ0n) is 7.89. The minimum atomic E-state index is 0.241. The van der Waals surface area contributed by atoms with E-state index in [4.69, 9.17) is 16.9 Å². The highest BCUT2D eigenvalue weighted by molar-refractivity contribution is 6.20. The Morgan fingerprint density at radius 2 is 1.64 bits per heavy atom. The van der Waals surface area contributed by atoms with Crippen LogP contribution in [0.15, 0.2) is 0 Å². The zero-order chi connectivity index (χ0) is 9.28. The summed E-state index contributed by atoms with van der Waals surface area (Å²) in [4.78, 5) is 0. The Labute approximate surface area is 75.4 Å². The van der Waals surface area contributed by atoms with Crippen LogP contribution in [0, 0.1) is 17.2 Å². The second kappa shape index (κ2) is 9.78. The first-order chi connectivity index (χ1) is 5.08. The molecule has 0 rings (SSSR count). The summed E-state index contributed by atoms with van der Waals surface area (Å²) in [5.41, 5.74) is 0. The second-order valence-electron chi connectivity index (χ2n) is 2.63. The molecule has 11 heavy (non-hydrogen) atoms. The van der Waals surface area contributed by atoms with Crippen LogP contribution >= 0.6 is 11.6 Å². The average molecular weight is 176 g/mol. The van der Waals surface area contributed by atoms with Crippen molar-refractivity contribution in [2.45, 2.75) is 45.9 Å². The van der Waals surface area contributed by atoms with Gasteiger partial charge in [-0.1, -0.05) is 13.8 Å². The Bertz CT molecular complexity index is 105. The normalized spacial score (nSPS) is 13.8. The minimum absolute atomic E-state index is 0.241. The lowest BCUT2D eigenvalue weighted by Crippen LogP contribution is -1.81. The summed E-state index contributed by atoms with van der Waals surface area (Å²) in [5, 5.41) is 8.44. The quantitative estimate of drug-likeness (QED) is 0.589. The first kappa shape index (κ1) is 13.4. The molecule has 0 heterocycles. The lowest BCUT2D eigenvalue weighted by Gasteiger charge is -1.87. The number of hydrogen-bond acceptors (Lipinski definition) is 1. The first-order valence-corrected chi connectivity index (χ1v) is 4.55. The Morgan fingerprint density at radius 1 is 1.27 bits per heavy atom. The van der Waals surface area contributed by atoms with Gasteiger partial charge in [-0.15, -0.1) is 11.6 Å². The number of nitriles is 1. The van der Waals surface area contributed by atoms with Crippen LogP contribution < -0.4 is 0 Å². The van der Waals surface area contributed by atoms with Crippen molar-refractivity contribution in [2.24, 2.45) is 5.92 Å². The first-order valence-electron chi connectivity index (χ1n) is 4.12. The fourth-order valence-corrected chi connectivity index (χ4v) is 0.0913. The second-order valence-corrected chi connectivity index (χ2v) is 3.37. The third kappa shape index (κ3) is 17.7. The maximum Gasteiger partial charge on any atom is 0.0652 e. The van der Waals surface area contributed by atoms with E-state index in [0.717, 1.165) is 12.8 Å². The van der Waals surface area contributed by atoms with Gasteiger partial charge in [0.2, 0.25) is 0 Å². The van der Waals surface area contributed by atoms with E-state index in [-0.39, 0.29) is 5.92 Å². The Morgan fingerprint density at radius 3 is 1.64 bits per heavy atom. The number of nitrogens with zero attached hydrogens (tertiary/aromatic N) is 1. The van der Waals surface area contributed by atoms with Gasteiger partial charge in [-0.25, -0.2) is 0 Å². The van der Waals surface area contributed by atoms with Crippen LogP contribution in [0.1, 0.15) is 40.5 Å². The van der Waals surface area contributed by atoms with E-state index < -0.39 is 0 Å². The summed E-state index contributed by atoms with van der Waals surface area (Å²) in [6.07, 6.45) is 2.04. The highest BCUT2D eigenvalue weighted by Gasteiger charge is 1.88. The van der Waals surface area contributed by atoms with E-state index in [1.807, 2.05) is 20.8 Å². The molecule has 0 aliphatic carbocycles. The fraction of sp³-hybridized carbons (Fsp3) is 0.889. The van der Waals surface area contributed by atoms with E-state index in [9.17, 15) is 0 Å². The molecule has 0 aromatic heterocycles. The Kier molecular flexibility index (Phi) is 11.9. The summed E-state index contributed by atoms with van der Waals surface area (Å²) >= 11 is 5.46. The average Bonchev–Trinajstić information content (AvgIpc) is 2.04. The molecular formula is C9H18ClN. The maximum absolute atomic E-state index is 8.08.